The van der Waals surface area contributed by atoms with E-state index in [1.54, 1.807) is 0 Å². The third-order valence-electron chi connectivity index (χ3n) is 4.81. The monoisotopic (exact) mass is 274 g/mol. The summed E-state index contributed by atoms with van der Waals surface area (Å²) < 4.78 is 0. The lowest BCUT2D eigenvalue weighted by Gasteiger charge is -2.38. The molecule has 2 nitrogen and oxygen atoms in total. The third-order valence-corrected chi connectivity index (χ3v) is 4.81. The molecule has 0 aliphatic carbocycles. The van der Waals surface area contributed by atoms with Gasteiger partial charge in [-0.2, -0.15) is 0 Å². The van der Waals surface area contributed by atoms with Gasteiger partial charge in [-0.15, -0.1) is 0 Å². The molecule has 0 amide bonds. The number of piperidine rings is 1. The summed E-state index contributed by atoms with van der Waals surface area (Å²) >= 11 is 0. The Morgan fingerprint density at radius 3 is 2.45 bits per heavy atom. The van der Waals surface area contributed by atoms with Gasteiger partial charge < -0.3 is 10.6 Å². The van der Waals surface area contributed by atoms with Gasteiger partial charge in [0, 0.05) is 24.8 Å². The summed E-state index contributed by atoms with van der Waals surface area (Å²) in [5, 5.41) is 0. The Morgan fingerprint density at radius 1 is 1.25 bits per heavy atom. The van der Waals surface area contributed by atoms with Crippen molar-refractivity contribution in [1.82, 2.24) is 0 Å². The highest BCUT2D eigenvalue weighted by Gasteiger charge is 2.25. The van der Waals surface area contributed by atoms with E-state index in [0.717, 1.165) is 12.8 Å². The average Bonchev–Trinajstić information content (AvgIpc) is 2.41. The molecule has 1 aromatic carbocycles. The van der Waals surface area contributed by atoms with Gasteiger partial charge in [-0.25, -0.2) is 0 Å². The van der Waals surface area contributed by atoms with Crippen LogP contribution >= 0.6 is 0 Å². The Morgan fingerprint density at radius 2 is 1.90 bits per heavy atom. The second-order valence-electron chi connectivity index (χ2n) is 7.13. The maximum absolute atomic E-state index is 6.07. The van der Waals surface area contributed by atoms with Gasteiger partial charge in [0.05, 0.1) is 0 Å². The van der Waals surface area contributed by atoms with E-state index >= 15 is 0 Å². The Balaban J connectivity index is 2.06. The van der Waals surface area contributed by atoms with Crippen LogP contribution in [0, 0.1) is 12.3 Å². The number of hydrogen-bond acceptors (Lipinski definition) is 2. The van der Waals surface area contributed by atoms with E-state index < -0.39 is 0 Å². The number of benzene rings is 1. The SMILES string of the molecule is CCC(N)Cc1ccc(N2CCC(C)(C)CC2)cc1C. The van der Waals surface area contributed by atoms with Crippen molar-refractivity contribution >= 4 is 5.69 Å². The number of aryl methyl sites for hydroxylation is 1. The maximum Gasteiger partial charge on any atom is 0.0369 e. The van der Waals surface area contributed by atoms with Crippen LogP contribution in [0.15, 0.2) is 18.2 Å². The van der Waals surface area contributed by atoms with Gasteiger partial charge in [-0.1, -0.05) is 26.8 Å². The molecule has 2 rings (SSSR count). The van der Waals surface area contributed by atoms with Crippen LogP contribution in [0.2, 0.25) is 0 Å². The zero-order valence-corrected chi connectivity index (χ0v) is 13.6. The van der Waals surface area contributed by atoms with E-state index in [4.69, 9.17) is 5.73 Å². The highest BCUT2D eigenvalue weighted by molar-refractivity contribution is 5.51. The van der Waals surface area contributed by atoms with Gasteiger partial charge in [0.2, 0.25) is 0 Å². The summed E-state index contributed by atoms with van der Waals surface area (Å²) in [7, 11) is 0. The molecular formula is C18H30N2. The Kier molecular flexibility index (Phi) is 4.74. The van der Waals surface area contributed by atoms with Gasteiger partial charge in [-0.05, 0) is 61.3 Å². The summed E-state index contributed by atoms with van der Waals surface area (Å²) in [6.45, 7) is 11.5. The fraction of sp³-hybridized carbons (Fsp3) is 0.667. The number of hydrogen-bond donors (Lipinski definition) is 1. The molecule has 0 aromatic heterocycles. The van der Waals surface area contributed by atoms with E-state index in [1.165, 1.54) is 42.7 Å². The zero-order valence-electron chi connectivity index (χ0n) is 13.6. The van der Waals surface area contributed by atoms with Gasteiger partial charge in [0.15, 0.2) is 0 Å². The molecular weight excluding hydrogens is 244 g/mol. The van der Waals surface area contributed by atoms with Crippen LogP contribution < -0.4 is 10.6 Å². The smallest absolute Gasteiger partial charge is 0.0369 e. The van der Waals surface area contributed by atoms with Crippen LogP contribution in [0.25, 0.3) is 0 Å². The van der Waals surface area contributed by atoms with Crippen molar-refractivity contribution < 1.29 is 0 Å². The fourth-order valence-electron chi connectivity index (χ4n) is 2.90. The first-order chi connectivity index (χ1) is 9.41. The van der Waals surface area contributed by atoms with Crippen LogP contribution in [0.4, 0.5) is 5.69 Å². The van der Waals surface area contributed by atoms with Crippen molar-refractivity contribution in [1.29, 1.82) is 0 Å². The van der Waals surface area contributed by atoms with Crippen LogP contribution in [-0.4, -0.2) is 19.1 Å². The first-order valence-corrected chi connectivity index (χ1v) is 8.01. The van der Waals surface area contributed by atoms with Crippen LogP contribution in [-0.2, 0) is 6.42 Å². The van der Waals surface area contributed by atoms with Crippen LogP contribution in [0.3, 0.4) is 0 Å². The molecule has 1 fully saturated rings. The molecule has 0 bridgehead atoms. The van der Waals surface area contributed by atoms with E-state index in [9.17, 15) is 0 Å². The van der Waals surface area contributed by atoms with Gasteiger partial charge >= 0.3 is 0 Å². The number of nitrogens with zero attached hydrogens (tertiary/aromatic N) is 1. The molecule has 112 valence electrons. The highest BCUT2D eigenvalue weighted by Crippen LogP contribution is 2.32. The number of rotatable bonds is 4. The molecule has 2 heteroatoms. The minimum absolute atomic E-state index is 0.287. The molecule has 1 heterocycles. The molecule has 1 aromatic rings. The van der Waals surface area contributed by atoms with Crippen molar-refractivity contribution in [2.75, 3.05) is 18.0 Å². The Bertz CT molecular complexity index is 441. The van der Waals surface area contributed by atoms with Crippen molar-refractivity contribution in [3.63, 3.8) is 0 Å². The molecule has 1 aliphatic heterocycles. The standard InChI is InChI=1S/C18H30N2/c1-5-16(19)13-15-6-7-17(12-14(15)2)20-10-8-18(3,4)9-11-20/h6-7,12,16H,5,8-11,13,19H2,1-4H3. The Labute approximate surface area is 124 Å². The van der Waals surface area contributed by atoms with E-state index in [1.807, 2.05) is 0 Å². The predicted molar refractivity (Wildman–Crippen MR) is 88.4 cm³/mol. The van der Waals surface area contributed by atoms with Crippen molar-refractivity contribution in [2.24, 2.45) is 11.1 Å². The summed E-state index contributed by atoms with van der Waals surface area (Å²) in [5.74, 6) is 0. The van der Waals surface area contributed by atoms with E-state index in [-0.39, 0.29) is 6.04 Å². The van der Waals surface area contributed by atoms with Gasteiger partial charge in [0.1, 0.15) is 0 Å². The second kappa shape index (κ2) is 6.17. The van der Waals surface area contributed by atoms with Crippen molar-refractivity contribution in [3.05, 3.63) is 29.3 Å². The van der Waals surface area contributed by atoms with Gasteiger partial charge in [-0.3, -0.25) is 0 Å². The molecule has 0 radical (unpaired) electrons. The normalized spacial score (nSPS) is 19.9. The molecule has 0 spiro atoms. The van der Waals surface area contributed by atoms with Crippen molar-refractivity contribution in [2.45, 2.75) is 59.4 Å². The summed E-state index contributed by atoms with van der Waals surface area (Å²) in [5.41, 5.74) is 10.8. The minimum Gasteiger partial charge on any atom is -0.371 e. The fourth-order valence-corrected chi connectivity index (χ4v) is 2.90. The first-order valence-electron chi connectivity index (χ1n) is 8.01. The number of anilines is 1. The predicted octanol–water partition coefficient (Wildman–Crippen LogP) is 3.90. The first kappa shape index (κ1) is 15.4. The molecule has 20 heavy (non-hydrogen) atoms. The quantitative estimate of drug-likeness (QED) is 0.902. The summed E-state index contributed by atoms with van der Waals surface area (Å²) in [6, 6.07) is 7.19. The summed E-state index contributed by atoms with van der Waals surface area (Å²) in [4.78, 5) is 2.53. The second-order valence-corrected chi connectivity index (χ2v) is 7.13. The van der Waals surface area contributed by atoms with Gasteiger partial charge in [0.25, 0.3) is 0 Å². The highest BCUT2D eigenvalue weighted by atomic mass is 15.1. The van der Waals surface area contributed by atoms with E-state index in [0.29, 0.717) is 5.41 Å². The van der Waals surface area contributed by atoms with E-state index in [2.05, 4.69) is 50.8 Å². The number of nitrogens with two attached hydrogens (primary N) is 1. The topological polar surface area (TPSA) is 29.3 Å². The third kappa shape index (κ3) is 3.76. The molecule has 1 atom stereocenters. The molecule has 1 saturated heterocycles. The maximum atomic E-state index is 6.07. The zero-order chi connectivity index (χ0) is 14.8. The largest absolute Gasteiger partial charge is 0.371 e. The van der Waals surface area contributed by atoms with Crippen molar-refractivity contribution in [3.8, 4) is 0 Å². The molecule has 1 aliphatic rings. The molecule has 2 N–H and O–H groups in total. The van der Waals surface area contributed by atoms with Crippen LogP contribution in [0.5, 0.6) is 0 Å². The molecule has 1 unspecified atom stereocenters. The van der Waals surface area contributed by atoms with Crippen LogP contribution in [0.1, 0.15) is 51.2 Å². The average molecular weight is 274 g/mol. The molecule has 0 saturated carbocycles. The summed E-state index contributed by atoms with van der Waals surface area (Å²) in [6.07, 6.45) is 4.61. The lowest BCUT2D eigenvalue weighted by molar-refractivity contribution is 0.280. The minimum atomic E-state index is 0.287. The lowest BCUT2D eigenvalue weighted by atomic mass is 9.82. The lowest BCUT2D eigenvalue weighted by Crippen LogP contribution is -2.37. The Hall–Kier alpha value is -1.02.